The van der Waals surface area contributed by atoms with Crippen LogP contribution in [0.1, 0.15) is 232 Å². The summed E-state index contributed by atoms with van der Waals surface area (Å²) in [7, 11) is -2.64. The summed E-state index contributed by atoms with van der Waals surface area (Å²) in [5, 5.41) is 2.83. The minimum Gasteiger partial charge on any atom is -0.462 e. The Morgan fingerprint density at radius 2 is 0.911 bits per heavy atom. The molecule has 2 atom stereocenters. The number of ether oxygens (including phenoxy) is 2. The highest BCUT2D eigenvalue weighted by Crippen LogP contribution is 2.43. The summed E-state index contributed by atoms with van der Waals surface area (Å²) in [4.78, 5) is 35.1. The molecule has 56 heavy (non-hydrogen) atoms. The number of carbonyl (C=O) groups is 2. The van der Waals surface area contributed by atoms with E-state index in [-0.39, 0.29) is 25.6 Å². The molecule has 9 nitrogen and oxygen atoms in total. The van der Waals surface area contributed by atoms with Gasteiger partial charge < -0.3 is 19.7 Å². The number of allylic oxidation sites excluding steroid dienone is 2. The van der Waals surface area contributed by atoms with Crippen molar-refractivity contribution < 1.29 is 37.6 Å². The number of phosphoric ester groups is 1. The van der Waals surface area contributed by atoms with E-state index >= 15 is 0 Å². The van der Waals surface area contributed by atoms with Gasteiger partial charge in [-0.3, -0.25) is 18.6 Å². The van der Waals surface area contributed by atoms with Crippen LogP contribution in [0.4, 0.5) is 0 Å². The van der Waals surface area contributed by atoms with Crippen LogP contribution in [0.2, 0.25) is 0 Å². The molecule has 0 aliphatic heterocycles. The Kier molecular flexibility index (Phi) is 42.4. The van der Waals surface area contributed by atoms with Gasteiger partial charge in [0.05, 0.1) is 13.2 Å². The maximum absolute atomic E-state index is 12.7. The molecule has 332 valence electrons. The SMILES string of the molecule is CCCCCCCC/C=C\CCCCCCCCCCCCCC(=O)OC(COC(=O)CCCCCCCCCCCCCCC)COP(=O)(O)OCCNC. The second kappa shape index (κ2) is 43.3. The van der Waals surface area contributed by atoms with Crippen molar-refractivity contribution in [2.45, 2.75) is 238 Å². The van der Waals surface area contributed by atoms with Gasteiger partial charge in [0.1, 0.15) is 6.61 Å². The van der Waals surface area contributed by atoms with Gasteiger partial charge >= 0.3 is 19.8 Å². The van der Waals surface area contributed by atoms with E-state index in [1.54, 1.807) is 7.05 Å². The number of phosphoric acid groups is 1. The highest BCUT2D eigenvalue weighted by molar-refractivity contribution is 7.47. The zero-order valence-corrected chi connectivity index (χ0v) is 37.7. The van der Waals surface area contributed by atoms with E-state index in [0.717, 1.165) is 32.1 Å². The van der Waals surface area contributed by atoms with Crippen molar-refractivity contribution in [1.29, 1.82) is 0 Å². The van der Waals surface area contributed by atoms with E-state index in [1.807, 2.05) is 0 Å². The lowest BCUT2D eigenvalue weighted by molar-refractivity contribution is -0.161. The molecule has 0 aromatic carbocycles. The number of rotatable bonds is 45. The molecule has 2 N–H and O–H groups in total. The first-order chi connectivity index (χ1) is 27.3. The summed E-state index contributed by atoms with van der Waals surface area (Å²) < 4.78 is 33.2. The van der Waals surface area contributed by atoms with E-state index in [0.29, 0.717) is 19.4 Å². The van der Waals surface area contributed by atoms with Gasteiger partial charge in [0.25, 0.3) is 0 Å². The molecule has 0 aliphatic rings. The van der Waals surface area contributed by atoms with Gasteiger partial charge in [-0.25, -0.2) is 4.57 Å². The number of esters is 2. The fourth-order valence-corrected chi connectivity index (χ4v) is 7.54. The highest BCUT2D eigenvalue weighted by atomic mass is 31.2. The van der Waals surface area contributed by atoms with Crippen LogP contribution in [0, 0.1) is 0 Å². The van der Waals surface area contributed by atoms with Crippen LogP contribution in [-0.2, 0) is 32.7 Å². The second-order valence-corrected chi connectivity index (χ2v) is 17.4. The van der Waals surface area contributed by atoms with Gasteiger partial charge in [-0.05, 0) is 45.6 Å². The van der Waals surface area contributed by atoms with E-state index in [4.69, 9.17) is 18.5 Å². The molecule has 2 unspecified atom stereocenters. The molecule has 0 radical (unpaired) electrons. The smallest absolute Gasteiger partial charge is 0.462 e. The lowest BCUT2D eigenvalue weighted by Gasteiger charge is -2.20. The first-order valence-electron chi connectivity index (χ1n) is 23.6. The van der Waals surface area contributed by atoms with Gasteiger partial charge in [0.15, 0.2) is 6.10 Å². The van der Waals surface area contributed by atoms with Crippen molar-refractivity contribution >= 4 is 19.8 Å². The third kappa shape index (κ3) is 42.4. The minimum atomic E-state index is -4.34. The average molecular weight is 816 g/mol. The average Bonchev–Trinajstić information content (AvgIpc) is 3.18. The fourth-order valence-electron chi connectivity index (χ4n) is 6.78. The molecule has 0 amide bonds. The predicted molar refractivity (Wildman–Crippen MR) is 234 cm³/mol. The largest absolute Gasteiger partial charge is 0.472 e. The first-order valence-corrected chi connectivity index (χ1v) is 25.1. The number of unbranched alkanes of at least 4 members (excludes halogenated alkanes) is 29. The molecular formula is C46H90NO8P. The molecule has 0 heterocycles. The molecule has 10 heteroatoms. The summed E-state index contributed by atoms with van der Waals surface area (Å²) in [6.45, 7) is 4.26. The van der Waals surface area contributed by atoms with Crippen LogP contribution >= 0.6 is 7.82 Å². The van der Waals surface area contributed by atoms with Crippen molar-refractivity contribution in [3.63, 3.8) is 0 Å². The minimum absolute atomic E-state index is 0.0136. The van der Waals surface area contributed by atoms with Gasteiger partial charge in [0, 0.05) is 19.4 Å². The number of nitrogens with one attached hydrogen (secondary N) is 1. The first kappa shape index (κ1) is 54.8. The molecular weight excluding hydrogens is 725 g/mol. The summed E-state index contributed by atoms with van der Waals surface area (Å²) >= 11 is 0. The van der Waals surface area contributed by atoms with Crippen LogP contribution < -0.4 is 5.32 Å². The van der Waals surface area contributed by atoms with E-state index < -0.39 is 26.5 Å². The summed E-state index contributed by atoms with van der Waals surface area (Å²) in [5.41, 5.74) is 0. The van der Waals surface area contributed by atoms with Gasteiger partial charge in [-0.15, -0.1) is 0 Å². The maximum atomic E-state index is 12.7. The zero-order valence-electron chi connectivity index (χ0n) is 36.9. The molecule has 0 spiro atoms. The second-order valence-electron chi connectivity index (χ2n) is 15.9. The molecule has 0 fully saturated rings. The predicted octanol–water partition coefficient (Wildman–Crippen LogP) is 13.7. The number of carbonyl (C=O) groups excluding carboxylic acids is 2. The summed E-state index contributed by atoms with van der Waals surface area (Å²) in [6.07, 6.45) is 44.0. The molecule has 0 saturated carbocycles. The third-order valence-electron chi connectivity index (χ3n) is 10.4. The van der Waals surface area contributed by atoms with E-state index in [2.05, 4.69) is 31.3 Å². The Balaban J connectivity index is 4.10. The summed E-state index contributed by atoms with van der Waals surface area (Å²) in [6, 6.07) is 0. The Labute approximate surface area is 345 Å². The maximum Gasteiger partial charge on any atom is 0.472 e. The molecule has 0 bridgehead atoms. The number of hydrogen-bond acceptors (Lipinski definition) is 8. The van der Waals surface area contributed by atoms with Crippen LogP contribution in [0.3, 0.4) is 0 Å². The van der Waals surface area contributed by atoms with Crippen molar-refractivity contribution in [1.82, 2.24) is 5.32 Å². The van der Waals surface area contributed by atoms with Crippen LogP contribution in [0.5, 0.6) is 0 Å². The lowest BCUT2D eigenvalue weighted by atomic mass is 10.0. The van der Waals surface area contributed by atoms with E-state index in [1.165, 1.54) is 167 Å². The number of hydrogen-bond donors (Lipinski definition) is 2. The van der Waals surface area contributed by atoms with Gasteiger partial charge in [-0.2, -0.15) is 0 Å². The van der Waals surface area contributed by atoms with Crippen LogP contribution in [0.15, 0.2) is 12.2 Å². The molecule has 0 aliphatic carbocycles. The molecule has 0 rings (SSSR count). The van der Waals surface area contributed by atoms with E-state index in [9.17, 15) is 19.0 Å². The van der Waals surface area contributed by atoms with Crippen molar-refractivity contribution in [3.8, 4) is 0 Å². The summed E-state index contributed by atoms with van der Waals surface area (Å²) in [5.74, 6) is -0.795. The fraction of sp³-hybridized carbons (Fsp3) is 0.913. The molecule has 0 aromatic heterocycles. The Morgan fingerprint density at radius 1 is 0.536 bits per heavy atom. The lowest BCUT2D eigenvalue weighted by Crippen LogP contribution is -2.29. The third-order valence-corrected chi connectivity index (χ3v) is 11.4. The standard InChI is InChI=1S/C46H90NO8P/c1-4-6-8-10-12-14-16-18-19-20-21-22-23-24-25-27-29-31-33-35-37-39-46(49)55-44(43-54-56(50,51)53-41-40-47-3)42-52-45(48)38-36-34-32-30-28-26-17-15-13-11-9-7-5-2/h18-19,44,47H,4-17,20-43H2,1-3H3,(H,50,51)/b19-18-. The zero-order chi connectivity index (χ0) is 41.1. The topological polar surface area (TPSA) is 120 Å². The van der Waals surface area contributed by atoms with Crippen LogP contribution in [-0.4, -0.2) is 56.3 Å². The van der Waals surface area contributed by atoms with Crippen LogP contribution in [0.25, 0.3) is 0 Å². The Bertz CT molecular complexity index is 933. The molecule has 0 saturated heterocycles. The molecule has 0 aromatic rings. The normalized spacial score (nSPS) is 13.3. The Hall–Kier alpha value is -1.25. The van der Waals surface area contributed by atoms with Crippen molar-refractivity contribution in [2.75, 3.05) is 33.4 Å². The van der Waals surface area contributed by atoms with Gasteiger partial charge in [0.2, 0.25) is 0 Å². The van der Waals surface area contributed by atoms with Crippen molar-refractivity contribution in [3.05, 3.63) is 12.2 Å². The Morgan fingerprint density at radius 3 is 1.32 bits per heavy atom. The van der Waals surface area contributed by atoms with Crippen molar-refractivity contribution in [2.24, 2.45) is 0 Å². The highest BCUT2D eigenvalue weighted by Gasteiger charge is 2.26. The monoisotopic (exact) mass is 816 g/mol. The van der Waals surface area contributed by atoms with Gasteiger partial charge in [-0.1, -0.05) is 193 Å². The quantitative estimate of drug-likeness (QED) is 0.0268. The number of likely N-dealkylation sites (N-methyl/N-ethyl adjacent to an activating group) is 1.